The fraction of sp³-hybridized carbons (Fsp3) is 0. The molecular weight excluding hydrogens is 569 g/mol. The van der Waals surface area contributed by atoms with Gasteiger partial charge in [0.15, 0.2) is 0 Å². The molecule has 0 atom stereocenters. The summed E-state index contributed by atoms with van der Waals surface area (Å²) in [5.41, 5.74) is -5.38. The monoisotopic (exact) mass is 623 g/mol. The Hall–Kier alpha value is -6.18. The molecule has 0 aliphatic rings. The molecule has 9 aromatic carbocycles. The van der Waals surface area contributed by atoms with Crippen molar-refractivity contribution < 1.29 is 41.4 Å². The van der Waals surface area contributed by atoms with E-state index in [-0.39, 0.29) is 0 Å². The minimum Gasteiger partial charge on any atom is -0.456 e. The number of furan rings is 1. The van der Waals surface area contributed by atoms with Crippen LogP contribution in [0.1, 0.15) is 37.0 Å². The highest BCUT2D eigenvalue weighted by Gasteiger charge is 2.19. The van der Waals surface area contributed by atoms with E-state index in [2.05, 4.69) is 0 Å². The molecule has 0 saturated carbocycles. The zero-order valence-electron chi connectivity index (χ0n) is 50.5. The van der Waals surface area contributed by atoms with Crippen LogP contribution in [0, 0.1) is 0 Å². The summed E-state index contributed by atoms with van der Waals surface area (Å²) in [5, 5.41) is -5.94. The zero-order chi connectivity index (χ0) is 54.4. The van der Waals surface area contributed by atoms with Crippen LogP contribution in [0.3, 0.4) is 0 Å². The van der Waals surface area contributed by atoms with Crippen molar-refractivity contribution in [2.45, 2.75) is 0 Å². The smallest absolute Gasteiger partial charge is 0.136 e. The lowest BCUT2D eigenvalue weighted by Crippen LogP contribution is -1.92. The van der Waals surface area contributed by atoms with E-state index in [1.54, 1.807) is 0 Å². The minimum absolute atomic E-state index is 0.397. The molecule has 218 valence electrons. The molecule has 0 aliphatic carbocycles. The first kappa shape index (κ1) is 11.0. The molecule has 0 unspecified atom stereocenters. The van der Waals surface area contributed by atoms with E-state index in [0.717, 1.165) is 6.07 Å². The van der Waals surface area contributed by atoms with Crippen LogP contribution >= 0.6 is 0 Å². The molecule has 1 aromatic heterocycles. The summed E-state index contributed by atoms with van der Waals surface area (Å²) in [6.07, 6.45) is 0. The van der Waals surface area contributed by atoms with E-state index < -0.39 is 262 Å². The van der Waals surface area contributed by atoms with Crippen molar-refractivity contribution in [1.82, 2.24) is 0 Å². The van der Waals surface area contributed by atoms with Crippen LogP contribution in [-0.2, 0) is 0 Å². The lowest BCUT2D eigenvalue weighted by atomic mass is 9.84. The molecule has 0 aliphatic heterocycles. The van der Waals surface area contributed by atoms with Gasteiger partial charge in [0, 0.05) is 10.8 Å². The first-order chi connectivity index (χ1) is 34.6. The summed E-state index contributed by atoms with van der Waals surface area (Å²) >= 11 is 0. The third-order valence-electron chi connectivity index (χ3n) is 7.71. The van der Waals surface area contributed by atoms with Gasteiger partial charge in [-0.25, -0.2) is 0 Å². The summed E-state index contributed by atoms with van der Waals surface area (Å²) in [6.45, 7) is 0. The summed E-state index contributed by atoms with van der Waals surface area (Å²) in [6, 6.07) is -22.3. The van der Waals surface area contributed by atoms with Gasteiger partial charge in [-0.05, 0) is 113 Å². The van der Waals surface area contributed by atoms with Crippen molar-refractivity contribution in [3.05, 3.63) is 169 Å². The zero-order valence-corrected chi connectivity index (χ0v) is 23.5. The summed E-state index contributed by atoms with van der Waals surface area (Å²) in [7, 11) is 0. The number of fused-ring (bicyclic) bond motifs is 7. The molecule has 0 amide bonds. The molecule has 1 heterocycles. The third-order valence-corrected chi connectivity index (χ3v) is 7.71. The van der Waals surface area contributed by atoms with Gasteiger partial charge in [0.1, 0.15) is 11.2 Å². The molecule has 1 nitrogen and oxygen atoms in total. The molecule has 10 rings (SSSR count). The van der Waals surface area contributed by atoms with Crippen molar-refractivity contribution in [3.63, 3.8) is 0 Å². The standard InChI is InChI=1S/C46H28O/c1-3-11-31-25-33(19-17-29(31)9-1)34-21-24-41-42(27-34)46(36-22-23-38-37-13-7-8-16-43(37)47-44(38)28-36)40-15-6-5-14-39(40)45(41)35-20-18-30-10-2-4-12-32(30)26-35/h1-28H/i1D,2D,3D,4D,5D,6D,7D,8D,9D,10D,11D,12D,13D,14D,15D,16D,17D,18D,19D,20D,22D,23D,24D,25D,26D,27D,28D. The maximum Gasteiger partial charge on any atom is 0.136 e. The lowest BCUT2D eigenvalue weighted by Gasteiger charge is -2.19. The number of benzene rings is 9. The molecule has 47 heavy (non-hydrogen) atoms. The molecule has 10 aromatic rings. The number of hydrogen-bond donors (Lipinski definition) is 0. The molecule has 0 saturated heterocycles. The third kappa shape index (κ3) is 4.10. The van der Waals surface area contributed by atoms with Crippen LogP contribution in [0.15, 0.2) is 174 Å². The summed E-state index contributed by atoms with van der Waals surface area (Å²) in [4.78, 5) is 0. The van der Waals surface area contributed by atoms with Gasteiger partial charge in [-0.15, -0.1) is 0 Å². The quantitative estimate of drug-likeness (QED) is 0.178. The Labute approximate surface area is 309 Å². The number of hydrogen-bond acceptors (Lipinski definition) is 1. The predicted octanol–water partition coefficient (Wildman–Crippen LogP) is 13.2. The van der Waals surface area contributed by atoms with Crippen LogP contribution in [0.2, 0.25) is 0 Å². The summed E-state index contributed by atoms with van der Waals surface area (Å²) < 4.78 is 249. The van der Waals surface area contributed by atoms with E-state index in [4.69, 9.17) is 26.3 Å². The van der Waals surface area contributed by atoms with Crippen LogP contribution in [-0.4, -0.2) is 0 Å². The highest BCUT2D eigenvalue weighted by molar-refractivity contribution is 6.23. The van der Waals surface area contributed by atoms with Gasteiger partial charge >= 0.3 is 0 Å². The van der Waals surface area contributed by atoms with Crippen molar-refractivity contribution in [3.8, 4) is 33.4 Å². The van der Waals surface area contributed by atoms with Gasteiger partial charge in [-0.3, -0.25) is 0 Å². The average molecular weight is 624 g/mol. The van der Waals surface area contributed by atoms with Crippen LogP contribution < -0.4 is 0 Å². The second-order valence-electron chi connectivity index (χ2n) is 10.3. The number of para-hydroxylation sites is 1. The Morgan fingerprint density at radius 2 is 0.830 bits per heavy atom. The molecular formula is C46H28O. The van der Waals surface area contributed by atoms with E-state index in [1.165, 1.54) is 0 Å². The Bertz CT molecular complexity index is 4390. The van der Waals surface area contributed by atoms with Crippen LogP contribution in [0.25, 0.3) is 98.4 Å². The van der Waals surface area contributed by atoms with Crippen LogP contribution in [0.5, 0.6) is 0 Å². The fourth-order valence-electron chi connectivity index (χ4n) is 5.65. The van der Waals surface area contributed by atoms with Crippen molar-refractivity contribution in [1.29, 1.82) is 0 Å². The van der Waals surface area contributed by atoms with E-state index in [0.29, 0.717) is 0 Å². The van der Waals surface area contributed by atoms with Gasteiger partial charge in [-0.2, -0.15) is 0 Å². The van der Waals surface area contributed by atoms with Crippen molar-refractivity contribution in [2.24, 2.45) is 0 Å². The topological polar surface area (TPSA) is 13.1 Å². The van der Waals surface area contributed by atoms with E-state index in [9.17, 15) is 15.1 Å². The van der Waals surface area contributed by atoms with E-state index >= 15 is 0 Å². The Morgan fingerprint density at radius 3 is 1.57 bits per heavy atom. The molecule has 0 N–H and O–H groups in total. The lowest BCUT2D eigenvalue weighted by molar-refractivity contribution is 0.669. The highest BCUT2D eigenvalue weighted by atomic mass is 16.3. The van der Waals surface area contributed by atoms with Crippen molar-refractivity contribution >= 4 is 65.0 Å². The highest BCUT2D eigenvalue weighted by Crippen LogP contribution is 2.46. The van der Waals surface area contributed by atoms with Gasteiger partial charge in [-0.1, -0.05) is 133 Å². The molecule has 0 bridgehead atoms. The molecule has 0 fully saturated rings. The first-order valence-corrected chi connectivity index (χ1v) is 14.0. The summed E-state index contributed by atoms with van der Waals surface area (Å²) in [5.74, 6) is 0. The van der Waals surface area contributed by atoms with Gasteiger partial charge < -0.3 is 4.42 Å². The first-order valence-electron chi connectivity index (χ1n) is 27.5. The Balaban J connectivity index is 1.55. The average Bonchev–Trinajstić information content (AvgIpc) is 3.78. The maximum absolute atomic E-state index is 10.1. The minimum atomic E-state index is -0.991. The Morgan fingerprint density at radius 1 is 0.319 bits per heavy atom. The van der Waals surface area contributed by atoms with Crippen LogP contribution in [0.4, 0.5) is 0 Å². The second-order valence-corrected chi connectivity index (χ2v) is 10.3. The van der Waals surface area contributed by atoms with Gasteiger partial charge in [0.2, 0.25) is 0 Å². The molecule has 1 heteroatoms. The fourth-order valence-corrected chi connectivity index (χ4v) is 5.65. The van der Waals surface area contributed by atoms with Gasteiger partial charge in [0.25, 0.3) is 0 Å². The van der Waals surface area contributed by atoms with E-state index in [1.807, 2.05) is 0 Å². The molecule has 0 spiro atoms. The normalized spacial score (nSPS) is 19.9. The SMILES string of the molecule is [2H]c1c([2H])c([2H])c2c(oc3c([2H])c(-c4c5c([2H])c(-c6c([2H])c([2H])c7c([2H])c([2H])c([2H])c([2H])c7c6[2H])cc([2H])c5c(-c5c([2H])c([2H])c6c([2H])c([2H])c([2H])c([2H])c6c5[2H])c5c([2H])c([2H])c([2H])c([2H])c45)c([2H])c([2H])c32)c1[2H]. The van der Waals surface area contributed by atoms with Crippen molar-refractivity contribution in [2.75, 3.05) is 0 Å². The molecule has 0 radical (unpaired) electrons. The van der Waals surface area contributed by atoms with Gasteiger partial charge in [0.05, 0.1) is 37.0 Å². The Kier molecular flexibility index (Phi) is 2.37. The number of rotatable bonds is 3. The largest absolute Gasteiger partial charge is 0.456 e. The predicted molar refractivity (Wildman–Crippen MR) is 200 cm³/mol. The maximum atomic E-state index is 10.1. The second kappa shape index (κ2) is 10.2.